The fraction of sp³-hybridized carbons (Fsp3) is 0.594. The van der Waals surface area contributed by atoms with E-state index in [1.165, 1.54) is 18.2 Å². The Bertz CT molecular complexity index is 1520. The van der Waals surface area contributed by atoms with Gasteiger partial charge in [0.1, 0.15) is 29.8 Å². The van der Waals surface area contributed by atoms with E-state index in [0.29, 0.717) is 36.1 Å². The number of benzene rings is 1. The SMILES string of the molecule is CCN(C(=O)c1cc(F)ccc1Oc1cnc(C)nc1N1CC2(CCN(C[C@@H]3CCC(NS(=O)(=O)CC)=CO3)CC2)C1)C(C)C. The van der Waals surface area contributed by atoms with Gasteiger partial charge in [0.15, 0.2) is 11.6 Å². The zero-order valence-corrected chi connectivity index (χ0v) is 27.7. The average molecular weight is 645 g/mol. The summed E-state index contributed by atoms with van der Waals surface area (Å²) in [5, 5.41) is 0. The Kier molecular flexibility index (Phi) is 9.88. The van der Waals surface area contributed by atoms with Gasteiger partial charge < -0.3 is 19.3 Å². The number of anilines is 1. The molecule has 11 nitrogen and oxygen atoms in total. The summed E-state index contributed by atoms with van der Waals surface area (Å²) in [6, 6.07) is 3.96. The fourth-order valence-corrected chi connectivity index (χ4v) is 7.04. The van der Waals surface area contributed by atoms with Gasteiger partial charge in [-0.3, -0.25) is 14.4 Å². The number of aromatic nitrogens is 2. The molecule has 3 aliphatic heterocycles. The number of likely N-dealkylation sites (tertiary alicyclic amines) is 1. The lowest BCUT2D eigenvalue weighted by atomic mass is 9.72. The number of ether oxygens (including phenoxy) is 2. The molecule has 1 atom stereocenters. The zero-order valence-electron chi connectivity index (χ0n) is 26.9. The summed E-state index contributed by atoms with van der Waals surface area (Å²) < 4.78 is 52.7. The van der Waals surface area contributed by atoms with Crippen LogP contribution in [0.5, 0.6) is 11.5 Å². The average Bonchev–Trinajstić information content (AvgIpc) is 2.99. The monoisotopic (exact) mass is 644 g/mol. The van der Waals surface area contributed by atoms with Crippen molar-refractivity contribution in [3.8, 4) is 11.5 Å². The van der Waals surface area contributed by atoms with E-state index < -0.39 is 15.8 Å². The largest absolute Gasteiger partial charge is 0.495 e. The summed E-state index contributed by atoms with van der Waals surface area (Å²) in [7, 11) is -3.29. The molecule has 0 aliphatic carbocycles. The van der Waals surface area contributed by atoms with Crippen molar-refractivity contribution in [1.29, 1.82) is 0 Å². The Balaban J connectivity index is 1.20. The van der Waals surface area contributed by atoms with E-state index in [4.69, 9.17) is 14.5 Å². The van der Waals surface area contributed by atoms with Crippen LogP contribution in [0.4, 0.5) is 10.2 Å². The number of amides is 1. The summed E-state index contributed by atoms with van der Waals surface area (Å²) >= 11 is 0. The van der Waals surface area contributed by atoms with Gasteiger partial charge in [-0.25, -0.2) is 22.8 Å². The third-order valence-corrected chi connectivity index (χ3v) is 10.3. The van der Waals surface area contributed by atoms with Crippen LogP contribution in [0.25, 0.3) is 0 Å². The van der Waals surface area contributed by atoms with Crippen molar-refractivity contribution in [3.05, 3.63) is 53.6 Å². The molecule has 1 aromatic heterocycles. The first kappa shape index (κ1) is 32.9. The molecular formula is C32H45FN6O5S. The quantitative estimate of drug-likeness (QED) is 0.379. The van der Waals surface area contributed by atoms with Gasteiger partial charge in [0, 0.05) is 37.6 Å². The molecule has 4 heterocycles. The van der Waals surface area contributed by atoms with E-state index in [0.717, 1.165) is 52.0 Å². The smallest absolute Gasteiger partial charge is 0.257 e. The number of hydrogen-bond acceptors (Lipinski definition) is 9. The van der Waals surface area contributed by atoms with Crippen LogP contribution in [-0.2, 0) is 14.8 Å². The maximum Gasteiger partial charge on any atom is 0.257 e. The highest BCUT2D eigenvalue weighted by molar-refractivity contribution is 7.89. The lowest BCUT2D eigenvalue weighted by Gasteiger charge is -2.54. The summed E-state index contributed by atoms with van der Waals surface area (Å²) in [4.78, 5) is 28.7. The maximum absolute atomic E-state index is 14.3. The van der Waals surface area contributed by atoms with E-state index >= 15 is 0 Å². The number of sulfonamides is 1. The molecule has 3 aliphatic rings. The highest BCUT2D eigenvalue weighted by atomic mass is 32.2. The van der Waals surface area contributed by atoms with Gasteiger partial charge >= 0.3 is 0 Å². The third kappa shape index (κ3) is 7.69. The molecule has 1 spiro atoms. The highest BCUT2D eigenvalue weighted by Gasteiger charge is 2.46. The van der Waals surface area contributed by atoms with Crippen LogP contribution < -0.4 is 14.4 Å². The Morgan fingerprint density at radius 3 is 2.58 bits per heavy atom. The second-order valence-corrected chi connectivity index (χ2v) is 14.6. The number of carbonyl (C=O) groups excluding carboxylic acids is 1. The second-order valence-electron chi connectivity index (χ2n) is 12.6. The molecule has 2 aromatic rings. The van der Waals surface area contributed by atoms with Crippen LogP contribution in [0.3, 0.4) is 0 Å². The zero-order chi connectivity index (χ0) is 32.4. The molecule has 1 amide bonds. The molecule has 45 heavy (non-hydrogen) atoms. The number of hydrogen-bond donors (Lipinski definition) is 1. The first-order valence-corrected chi connectivity index (χ1v) is 17.5. The van der Waals surface area contributed by atoms with Crippen molar-refractivity contribution in [2.75, 3.05) is 49.9 Å². The van der Waals surface area contributed by atoms with Gasteiger partial charge in [-0.05, 0) is 91.6 Å². The van der Waals surface area contributed by atoms with E-state index in [2.05, 4.69) is 19.5 Å². The molecule has 5 rings (SSSR count). The molecule has 0 bridgehead atoms. The highest BCUT2D eigenvalue weighted by Crippen LogP contribution is 2.45. The predicted octanol–water partition coefficient (Wildman–Crippen LogP) is 4.45. The van der Waals surface area contributed by atoms with Crippen molar-refractivity contribution in [3.63, 3.8) is 0 Å². The number of nitrogens with zero attached hydrogens (tertiary/aromatic N) is 5. The lowest BCUT2D eigenvalue weighted by molar-refractivity contribution is 0.0293. The van der Waals surface area contributed by atoms with Crippen LogP contribution in [0.2, 0.25) is 0 Å². The van der Waals surface area contributed by atoms with E-state index in [9.17, 15) is 17.6 Å². The summed E-state index contributed by atoms with van der Waals surface area (Å²) in [5.74, 6) is 1.24. The minimum absolute atomic E-state index is 0.0401. The number of carbonyl (C=O) groups is 1. The molecule has 0 saturated carbocycles. The Labute approximate surface area is 265 Å². The standard InChI is InChI=1S/C32H45FN6O5S/c1-6-39(22(3)4)31(40)27-16-24(33)8-11-28(27)44-29-17-34-23(5)35-30(29)38-20-32(21-38)12-14-37(15-13-32)18-26-10-9-25(19-43-26)36-45(41,42)7-2/h8,11,16-17,19,22,26,36H,6-7,9-10,12-15,18,20-21H2,1-5H3/t26-/m0/s1. The van der Waals surface area contributed by atoms with Gasteiger partial charge in [0.05, 0.1) is 23.2 Å². The molecule has 13 heteroatoms. The summed E-state index contributed by atoms with van der Waals surface area (Å²) in [6.07, 6.45) is 6.76. The predicted molar refractivity (Wildman–Crippen MR) is 170 cm³/mol. The van der Waals surface area contributed by atoms with Crippen molar-refractivity contribution in [2.45, 2.75) is 72.4 Å². The van der Waals surface area contributed by atoms with Crippen LogP contribution >= 0.6 is 0 Å². The molecule has 246 valence electrons. The van der Waals surface area contributed by atoms with Gasteiger partial charge in [-0.1, -0.05) is 0 Å². The van der Waals surface area contributed by atoms with E-state index in [1.54, 1.807) is 24.3 Å². The molecule has 0 radical (unpaired) electrons. The number of aryl methyl sites for hydroxylation is 1. The van der Waals surface area contributed by atoms with Gasteiger partial charge in [-0.15, -0.1) is 0 Å². The van der Waals surface area contributed by atoms with Crippen molar-refractivity contribution >= 4 is 21.7 Å². The molecule has 1 N–H and O–H groups in total. The number of allylic oxidation sites excluding steroid dienone is 1. The first-order chi connectivity index (χ1) is 21.4. The molecule has 0 unspecified atom stereocenters. The Hall–Kier alpha value is -3.45. The second kappa shape index (κ2) is 13.5. The summed E-state index contributed by atoms with van der Waals surface area (Å²) in [5.41, 5.74) is 0.964. The lowest BCUT2D eigenvalue weighted by Crippen LogP contribution is -2.61. The van der Waals surface area contributed by atoms with E-state index in [-0.39, 0.29) is 40.5 Å². The normalized spacial score (nSPS) is 19.9. The Morgan fingerprint density at radius 2 is 1.96 bits per heavy atom. The molecule has 1 aromatic carbocycles. The van der Waals surface area contributed by atoms with Crippen molar-refractivity contribution < 1.29 is 27.1 Å². The van der Waals surface area contributed by atoms with Gasteiger partial charge in [0.2, 0.25) is 10.0 Å². The van der Waals surface area contributed by atoms with Crippen LogP contribution in [0.15, 0.2) is 36.4 Å². The maximum atomic E-state index is 14.3. The van der Waals surface area contributed by atoms with Crippen LogP contribution in [0.1, 0.15) is 69.6 Å². The first-order valence-electron chi connectivity index (χ1n) is 15.8. The van der Waals surface area contributed by atoms with Gasteiger partial charge in [-0.2, -0.15) is 0 Å². The summed E-state index contributed by atoms with van der Waals surface area (Å²) in [6.45, 7) is 14.1. The van der Waals surface area contributed by atoms with Crippen LogP contribution in [0, 0.1) is 18.2 Å². The van der Waals surface area contributed by atoms with Crippen molar-refractivity contribution in [1.82, 2.24) is 24.5 Å². The number of piperidine rings is 1. The van der Waals surface area contributed by atoms with Gasteiger partial charge in [0.25, 0.3) is 5.91 Å². The molecular weight excluding hydrogens is 599 g/mol. The number of rotatable bonds is 11. The topological polar surface area (TPSA) is 117 Å². The number of nitrogens with one attached hydrogen (secondary N) is 1. The molecule has 2 fully saturated rings. The Morgan fingerprint density at radius 1 is 1.22 bits per heavy atom. The number of halogens is 1. The fourth-order valence-electron chi connectivity index (χ4n) is 6.35. The molecule has 2 saturated heterocycles. The van der Waals surface area contributed by atoms with Crippen molar-refractivity contribution in [2.24, 2.45) is 5.41 Å². The minimum atomic E-state index is -3.29. The third-order valence-electron chi connectivity index (χ3n) is 9.01. The van der Waals surface area contributed by atoms with E-state index in [1.807, 2.05) is 27.7 Å². The minimum Gasteiger partial charge on any atom is -0.495 e. The van der Waals surface area contributed by atoms with Crippen LogP contribution in [-0.4, -0.2) is 91.3 Å².